The molecule has 3 aromatic rings. The van der Waals surface area contributed by atoms with Gasteiger partial charge in [0.1, 0.15) is 5.52 Å². The summed E-state index contributed by atoms with van der Waals surface area (Å²) in [6, 6.07) is 11.7. The minimum absolute atomic E-state index is 0.00161. The van der Waals surface area contributed by atoms with E-state index in [0.29, 0.717) is 28.3 Å². The summed E-state index contributed by atoms with van der Waals surface area (Å²) in [6.45, 7) is 3.86. The van der Waals surface area contributed by atoms with Gasteiger partial charge in [0.05, 0.1) is 12.5 Å². The molecule has 5 nitrogen and oxygen atoms in total. The van der Waals surface area contributed by atoms with Gasteiger partial charge in [-0.15, -0.1) is 0 Å². The Labute approximate surface area is 149 Å². The molecule has 0 fully saturated rings. The van der Waals surface area contributed by atoms with Crippen molar-refractivity contribution in [2.45, 2.75) is 19.8 Å². The van der Waals surface area contributed by atoms with E-state index in [1.165, 1.54) is 0 Å². The lowest BCUT2D eigenvalue weighted by Crippen LogP contribution is -2.12. The number of carbonyl (C=O) groups is 2. The summed E-state index contributed by atoms with van der Waals surface area (Å²) in [7, 11) is 0. The van der Waals surface area contributed by atoms with Gasteiger partial charge in [-0.05, 0) is 55.8 Å². The SMILES string of the molecule is CCOC(=O)C(C)c1ccc2oc(C(=O)c3ccc(Cl)cc3)nc2c1. The number of fused-ring (bicyclic) bond motifs is 1. The Bertz CT molecular complexity index is 930. The lowest BCUT2D eigenvalue weighted by Gasteiger charge is -2.10. The molecule has 25 heavy (non-hydrogen) atoms. The van der Waals surface area contributed by atoms with E-state index in [-0.39, 0.29) is 17.6 Å². The van der Waals surface area contributed by atoms with Gasteiger partial charge in [-0.2, -0.15) is 0 Å². The van der Waals surface area contributed by atoms with Gasteiger partial charge in [0, 0.05) is 10.6 Å². The number of hydrogen-bond donors (Lipinski definition) is 0. The largest absolute Gasteiger partial charge is 0.466 e. The highest BCUT2D eigenvalue weighted by Crippen LogP contribution is 2.24. The predicted octanol–water partition coefficient (Wildman–Crippen LogP) is 4.38. The second-order valence-electron chi connectivity index (χ2n) is 5.56. The smallest absolute Gasteiger partial charge is 0.313 e. The van der Waals surface area contributed by atoms with Crippen molar-refractivity contribution < 1.29 is 18.7 Å². The fraction of sp³-hybridized carbons (Fsp3) is 0.211. The van der Waals surface area contributed by atoms with Gasteiger partial charge in [-0.25, -0.2) is 4.98 Å². The van der Waals surface area contributed by atoms with Gasteiger partial charge in [0.15, 0.2) is 5.58 Å². The number of halogens is 1. The molecule has 2 aromatic carbocycles. The summed E-state index contributed by atoms with van der Waals surface area (Å²) < 4.78 is 10.6. The zero-order valence-corrected chi connectivity index (χ0v) is 14.5. The first kappa shape index (κ1) is 17.2. The molecule has 0 aliphatic carbocycles. The number of hydrogen-bond acceptors (Lipinski definition) is 5. The number of nitrogens with zero attached hydrogens (tertiary/aromatic N) is 1. The van der Waals surface area contributed by atoms with Crippen LogP contribution in [-0.2, 0) is 9.53 Å². The zero-order chi connectivity index (χ0) is 18.0. The molecule has 6 heteroatoms. The number of esters is 1. The summed E-state index contributed by atoms with van der Waals surface area (Å²) in [5.74, 6) is -1.05. The fourth-order valence-electron chi connectivity index (χ4n) is 2.44. The Morgan fingerprint density at radius 3 is 2.60 bits per heavy atom. The summed E-state index contributed by atoms with van der Waals surface area (Å²) >= 11 is 5.83. The van der Waals surface area contributed by atoms with Crippen molar-refractivity contribution >= 4 is 34.5 Å². The van der Waals surface area contributed by atoms with Gasteiger partial charge >= 0.3 is 5.97 Å². The Balaban J connectivity index is 1.91. The van der Waals surface area contributed by atoms with E-state index in [0.717, 1.165) is 5.56 Å². The molecule has 1 unspecified atom stereocenters. The van der Waals surface area contributed by atoms with Crippen LogP contribution in [0.2, 0.25) is 5.02 Å². The number of ketones is 1. The maximum absolute atomic E-state index is 12.5. The van der Waals surface area contributed by atoms with Crippen molar-refractivity contribution in [2.75, 3.05) is 6.61 Å². The van der Waals surface area contributed by atoms with E-state index in [1.807, 2.05) is 0 Å². The Hall–Kier alpha value is -2.66. The van der Waals surface area contributed by atoms with Crippen molar-refractivity contribution in [2.24, 2.45) is 0 Å². The van der Waals surface area contributed by atoms with Crippen LogP contribution in [-0.4, -0.2) is 23.3 Å². The molecular weight excluding hydrogens is 342 g/mol. The molecule has 3 rings (SSSR count). The van der Waals surface area contributed by atoms with Crippen LogP contribution in [0.25, 0.3) is 11.1 Å². The first-order chi connectivity index (χ1) is 12.0. The Morgan fingerprint density at radius 2 is 1.92 bits per heavy atom. The quantitative estimate of drug-likeness (QED) is 0.500. The van der Waals surface area contributed by atoms with Gasteiger partial charge in [-0.1, -0.05) is 17.7 Å². The molecule has 0 radical (unpaired) electrons. The van der Waals surface area contributed by atoms with Crippen molar-refractivity contribution in [1.82, 2.24) is 4.98 Å². The number of rotatable bonds is 5. The molecule has 0 aliphatic heterocycles. The van der Waals surface area contributed by atoms with Crippen LogP contribution in [0.4, 0.5) is 0 Å². The van der Waals surface area contributed by atoms with Crippen molar-refractivity contribution in [3.05, 3.63) is 64.5 Å². The molecule has 1 atom stereocenters. The van der Waals surface area contributed by atoms with Crippen LogP contribution in [0.1, 0.15) is 41.6 Å². The second-order valence-corrected chi connectivity index (χ2v) is 5.99. The molecule has 0 saturated carbocycles. The van der Waals surface area contributed by atoms with Gasteiger partial charge in [-0.3, -0.25) is 9.59 Å². The normalized spacial score (nSPS) is 12.1. The second kappa shape index (κ2) is 7.07. The van der Waals surface area contributed by atoms with E-state index in [4.69, 9.17) is 20.8 Å². The highest BCUT2D eigenvalue weighted by Gasteiger charge is 2.20. The van der Waals surface area contributed by atoms with E-state index >= 15 is 0 Å². The molecule has 0 amide bonds. The van der Waals surface area contributed by atoms with Crippen LogP contribution in [0.15, 0.2) is 46.9 Å². The molecule has 0 aliphatic rings. The summed E-state index contributed by atoms with van der Waals surface area (Å²) in [6.07, 6.45) is 0. The number of ether oxygens (including phenoxy) is 1. The maximum Gasteiger partial charge on any atom is 0.313 e. The highest BCUT2D eigenvalue weighted by atomic mass is 35.5. The van der Waals surface area contributed by atoms with E-state index in [9.17, 15) is 9.59 Å². The zero-order valence-electron chi connectivity index (χ0n) is 13.8. The highest BCUT2D eigenvalue weighted by molar-refractivity contribution is 6.30. The standard InChI is InChI=1S/C19H16ClNO4/c1-3-24-19(23)11(2)13-6-9-16-15(10-13)21-18(25-16)17(22)12-4-7-14(20)8-5-12/h4-11H,3H2,1-2H3. The van der Waals surface area contributed by atoms with Crippen LogP contribution in [0, 0.1) is 0 Å². The van der Waals surface area contributed by atoms with E-state index < -0.39 is 5.92 Å². The number of oxazole rings is 1. The van der Waals surface area contributed by atoms with Gasteiger partial charge < -0.3 is 9.15 Å². The Morgan fingerprint density at radius 1 is 1.20 bits per heavy atom. The average Bonchev–Trinajstić information content (AvgIpc) is 3.04. The number of aromatic nitrogens is 1. The first-order valence-electron chi connectivity index (χ1n) is 7.87. The molecule has 1 heterocycles. The monoisotopic (exact) mass is 357 g/mol. The van der Waals surface area contributed by atoms with Crippen LogP contribution >= 0.6 is 11.6 Å². The summed E-state index contributed by atoms with van der Waals surface area (Å²) in [5.41, 5.74) is 2.20. The molecule has 0 N–H and O–H groups in total. The molecule has 128 valence electrons. The molecule has 0 spiro atoms. The van der Waals surface area contributed by atoms with E-state index in [2.05, 4.69) is 4.98 Å². The lowest BCUT2D eigenvalue weighted by molar-refractivity contribution is -0.144. The van der Waals surface area contributed by atoms with Crippen molar-refractivity contribution in [1.29, 1.82) is 0 Å². The van der Waals surface area contributed by atoms with Crippen molar-refractivity contribution in [3.8, 4) is 0 Å². The lowest BCUT2D eigenvalue weighted by atomic mass is 10.0. The third kappa shape index (κ3) is 3.56. The Kier molecular flexibility index (Phi) is 4.86. The van der Waals surface area contributed by atoms with Gasteiger partial charge in [0.2, 0.25) is 5.78 Å². The minimum Gasteiger partial charge on any atom is -0.466 e. The molecule has 0 bridgehead atoms. The molecule has 1 aromatic heterocycles. The minimum atomic E-state index is -0.420. The summed E-state index contributed by atoms with van der Waals surface area (Å²) in [4.78, 5) is 28.6. The fourth-order valence-corrected chi connectivity index (χ4v) is 2.56. The third-order valence-electron chi connectivity index (χ3n) is 3.85. The molecule has 0 saturated heterocycles. The van der Waals surface area contributed by atoms with Crippen LogP contribution in [0.3, 0.4) is 0 Å². The predicted molar refractivity (Wildman–Crippen MR) is 93.9 cm³/mol. The average molecular weight is 358 g/mol. The molecular formula is C19H16ClNO4. The topological polar surface area (TPSA) is 69.4 Å². The summed E-state index contributed by atoms with van der Waals surface area (Å²) in [5, 5.41) is 0.548. The van der Waals surface area contributed by atoms with Gasteiger partial charge in [0.25, 0.3) is 5.89 Å². The van der Waals surface area contributed by atoms with Crippen LogP contribution in [0.5, 0.6) is 0 Å². The third-order valence-corrected chi connectivity index (χ3v) is 4.10. The van der Waals surface area contributed by atoms with Crippen LogP contribution < -0.4 is 0 Å². The number of benzene rings is 2. The van der Waals surface area contributed by atoms with E-state index in [1.54, 1.807) is 56.3 Å². The number of carbonyl (C=O) groups excluding carboxylic acids is 2. The maximum atomic E-state index is 12.5. The van der Waals surface area contributed by atoms with Crippen molar-refractivity contribution in [3.63, 3.8) is 0 Å². The first-order valence-corrected chi connectivity index (χ1v) is 8.24.